The minimum Gasteiger partial charge on any atom is -0.391 e. The molecule has 2 aromatic carbocycles. The van der Waals surface area contributed by atoms with E-state index in [1.165, 1.54) is 15.8 Å². The molecule has 2 N–H and O–H groups in total. The van der Waals surface area contributed by atoms with Gasteiger partial charge in [0.15, 0.2) is 0 Å². The molecule has 0 saturated carbocycles. The van der Waals surface area contributed by atoms with Crippen molar-refractivity contribution in [3.05, 3.63) is 82.0 Å². The Morgan fingerprint density at radius 3 is 2.65 bits per heavy atom. The summed E-state index contributed by atoms with van der Waals surface area (Å²) in [5, 5.41) is 13.6. The second-order valence-corrected chi connectivity index (χ2v) is 10.1. The maximum absolute atomic E-state index is 13.4. The fourth-order valence-corrected chi connectivity index (χ4v) is 5.50. The number of fused-ring (bicyclic) bond motifs is 1. The standard InChI is InChI=1S/C27H27N5O4S/c1-16-24(37-15-30-16)19-9-7-18(8-10-19)12-28-25(34)23-11-20(33)13-31(23)26(35)17(2)32-14-29-22-6-4-3-5-21(22)27(32)36/h3-10,14-15,17,20,23,33H,11-13H2,1-2H3,(H,28,34)/t17?,20-,23?/m1/s1. The summed E-state index contributed by atoms with van der Waals surface area (Å²) < 4.78 is 1.27. The van der Waals surface area contributed by atoms with Crippen molar-refractivity contribution in [1.29, 1.82) is 0 Å². The highest BCUT2D eigenvalue weighted by atomic mass is 32.1. The van der Waals surface area contributed by atoms with E-state index in [-0.39, 0.29) is 24.4 Å². The van der Waals surface area contributed by atoms with Crippen molar-refractivity contribution >= 4 is 34.1 Å². The molecule has 1 saturated heterocycles. The third kappa shape index (κ3) is 4.90. The van der Waals surface area contributed by atoms with Crippen LogP contribution in [-0.4, -0.2) is 55.0 Å². The summed E-state index contributed by atoms with van der Waals surface area (Å²) >= 11 is 1.58. The highest BCUT2D eigenvalue weighted by Gasteiger charge is 2.40. The molecule has 10 heteroatoms. The van der Waals surface area contributed by atoms with Crippen molar-refractivity contribution in [2.24, 2.45) is 0 Å². The maximum Gasteiger partial charge on any atom is 0.261 e. The zero-order chi connectivity index (χ0) is 26.1. The fourth-order valence-electron chi connectivity index (χ4n) is 4.68. The average Bonchev–Trinajstić information content (AvgIpc) is 3.52. The third-order valence-corrected chi connectivity index (χ3v) is 7.74. The number of amides is 2. The SMILES string of the molecule is Cc1ncsc1-c1ccc(CNC(=O)C2C[C@@H](O)CN2C(=O)C(C)n2cnc3ccccc3c2=O)cc1. The van der Waals surface area contributed by atoms with Gasteiger partial charge < -0.3 is 15.3 Å². The zero-order valence-corrected chi connectivity index (χ0v) is 21.3. The largest absolute Gasteiger partial charge is 0.391 e. The molecular formula is C27H27N5O4S. The van der Waals surface area contributed by atoms with Crippen LogP contribution in [0.5, 0.6) is 0 Å². The van der Waals surface area contributed by atoms with Gasteiger partial charge in [-0.3, -0.25) is 19.0 Å². The first kappa shape index (κ1) is 24.8. The van der Waals surface area contributed by atoms with Crippen LogP contribution >= 0.6 is 11.3 Å². The van der Waals surface area contributed by atoms with Gasteiger partial charge in [0.1, 0.15) is 12.1 Å². The summed E-state index contributed by atoms with van der Waals surface area (Å²) in [5.41, 5.74) is 4.99. The van der Waals surface area contributed by atoms with Crippen LogP contribution in [0.15, 0.2) is 65.2 Å². The molecule has 0 radical (unpaired) electrons. The molecule has 190 valence electrons. The molecule has 3 heterocycles. The Morgan fingerprint density at radius 1 is 1.16 bits per heavy atom. The van der Waals surface area contributed by atoms with Gasteiger partial charge in [-0.1, -0.05) is 36.4 Å². The lowest BCUT2D eigenvalue weighted by Gasteiger charge is -2.27. The van der Waals surface area contributed by atoms with Gasteiger partial charge in [0.05, 0.1) is 39.4 Å². The average molecular weight is 518 g/mol. The van der Waals surface area contributed by atoms with Gasteiger partial charge in [-0.05, 0) is 37.1 Å². The van der Waals surface area contributed by atoms with Crippen LogP contribution in [0, 0.1) is 6.92 Å². The van der Waals surface area contributed by atoms with Gasteiger partial charge in [0.2, 0.25) is 11.8 Å². The summed E-state index contributed by atoms with van der Waals surface area (Å²) in [4.78, 5) is 50.5. The van der Waals surface area contributed by atoms with E-state index in [0.717, 1.165) is 21.7 Å². The molecule has 1 aliphatic rings. The van der Waals surface area contributed by atoms with E-state index < -0.39 is 24.1 Å². The second kappa shape index (κ2) is 10.2. The lowest BCUT2D eigenvalue weighted by molar-refractivity contribution is -0.140. The molecule has 37 heavy (non-hydrogen) atoms. The molecule has 0 bridgehead atoms. The number of nitrogens with one attached hydrogen (secondary N) is 1. The minimum atomic E-state index is -0.882. The summed E-state index contributed by atoms with van der Waals surface area (Å²) in [7, 11) is 0. The first-order valence-electron chi connectivity index (χ1n) is 12.0. The van der Waals surface area contributed by atoms with Crippen molar-refractivity contribution in [1.82, 2.24) is 24.8 Å². The van der Waals surface area contributed by atoms with E-state index in [9.17, 15) is 19.5 Å². The number of benzene rings is 2. The van der Waals surface area contributed by atoms with Crippen molar-refractivity contribution in [3.63, 3.8) is 0 Å². The molecule has 0 spiro atoms. The number of likely N-dealkylation sites (tertiary alicyclic amines) is 1. The summed E-state index contributed by atoms with van der Waals surface area (Å²) in [6, 6.07) is 13.1. The van der Waals surface area contributed by atoms with Gasteiger partial charge in [0, 0.05) is 19.5 Å². The molecule has 2 unspecified atom stereocenters. The number of aliphatic hydroxyl groups is 1. The molecule has 1 aliphatic heterocycles. The van der Waals surface area contributed by atoms with Crippen LogP contribution in [0.3, 0.4) is 0 Å². The summed E-state index contributed by atoms with van der Waals surface area (Å²) in [6.07, 6.45) is 0.672. The Balaban J connectivity index is 1.27. The summed E-state index contributed by atoms with van der Waals surface area (Å²) in [5.74, 6) is -0.761. The summed E-state index contributed by atoms with van der Waals surface area (Å²) in [6.45, 7) is 3.89. The molecule has 2 amide bonds. The molecule has 4 aromatic rings. The Labute approximate surface area is 217 Å². The highest BCUT2D eigenvalue weighted by molar-refractivity contribution is 7.13. The van der Waals surface area contributed by atoms with Gasteiger partial charge in [-0.25, -0.2) is 9.97 Å². The van der Waals surface area contributed by atoms with Crippen LogP contribution in [-0.2, 0) is 16.1 Å². The molecule has 0 aliphatic carbocycles. The number of para-hydroxylation sites is 1. The number of carbonyl (C=O) groups is 2. The Morgan fingerprint density at radius 2 is 1.92 bits per heavy atom. The lowest BCUT2D eigenvalue weighted by atomic mass is 10.1. The van der Waals surface area contributed by atoms with E-state index in [4.69, 9.17) is 0 Å². The number of nitrogens with zero attached hydrogens (tertiary/aromatic N) is 4. The minimum absolute atomic E-state index is 0.0277. The Kier molecular flexibility index (Phi) is 6.86. The fraction of sp³-hybridized carbons (Fsp3) is 0.296. The first-order chi connectivity index (χ1) is 17.8. The van der Waals surface area contributed by atoms with E-state index in [2.05, 4.69) is 15.3 Å². The number of thiazole rings is 1. The van der Waals surface area contributed by atoms with Crippen molar-refractivity contribution < 1.29 is 14.7 Å². The number of hydrogen-bond acceptors (Lipinski definition) is 7. The Hall–Kier alpha value is -3.89. The van der Waals surface area contributed by atoms with E-state index >= 15 is 0 Å². The zero-order valence-electron chi connectivity index (χ0n) is 20.5. The molecule has 5 rings (SSSR count). The van der Waals surface area contributed by atoms with E-state index in [1.54, 1.807) is 42.5 Å². The Bertz CT molecular complexity index is 1510. The van der Waals surface area contributed by atoms with Crippen LogP contribution in [0.4, 0.5) is 0 Å². The number of rotatable bonds is 6. The first-order valence-corrected chi connectivity index (χ1v) is 12.9. The van der Waals surface area contributed by atoms with Crippen LogP contribution in [0.25, 0.3) is 21.3 Å². The van der Waals surface area contributed by atoms with Crippen LogP contribution in [0.2, 0.25) is 0 Å². The number of β-amino-alcohol motifs (C(OH)–C–C–N with tert-alkyl or cyclic N) is 1. The van der Waals surface area contributed by atoms with Gasteiger partial charge in [-0.2, -0.15) is 0 Å². The topological polar surface area (TPSA) is 117 Å². The number of aliphatic hydroxyl groups excluding tert-OH is 1. The predicted octanol–water partition coefficient (Wildman–Crippen LogP) is 2.67. The van der Waals surface area contributed by atoms with Crippen LogP contribution < -0.4 is 10.9 Å². The van der Waals surface area contributed by atoms with Gasteiger partial charge in [0.25, 0.3) is 5.56 Å². The molecule has 2 aromatic heterocycles. The maximum atomic E-state index is 13.4. The molecule has 9 nitrogen and oxygen atoms in total. The quantitative estimate of drug-likeness (QED) is 0.406. The van der Waals surface area contributed by atoms with E-state index in [0.29, 0.717) is 17.4 Å². The molecule has 3 atom stereocenters. The number of hydrogen-bond donors (Lipinski definition) is 2. The smallest absolute Gasteiger partial charge is 0.261 e. The monoisotopic (exact) mass is 517 g/mol. The van der Waals surface area contributed by atoms with Crippen molar-refractivity contribution in [3.8, 4) is 10.4 Å². The van der Waals surface area contributed by atoms with Gasteiger partial charge in [-0.15, -0.1) is 11.3 Å². The second-order valence-electron chi connectivity index (χ2n) is 9.23. The normalized spacial score (nSPS) is 18.2. The molecular weight excluding hydrogens is 490 g/mol. The van der Waals surface area contributed by atoms with E-state index in [1.807, 2.05) is 36.7 Å². The van der Waals surface area contributed by atoms with Crippen LogP contribution in [0.1, 0.15) is 30.6 Å². The third-order valence-electron chi connectivity index (χ3n) is 6.76. The van der Waals surface area contributed by atoms with Crippen molar-refractivity contribution in [2.75, 3.05) is 6.54 Å². The number of aromatic nitrogens is 3. The number of carbonyl (C=O) groups excluding carboxylic acids is 2. The molecule has 1 fully saturated rings. The van der Waals surface area contributed by atoms with Crippen molar-refractivity contribution in [2.45, 2.75) is 45.0 Å². The van der Waals surface area contributed by atoms with Gasteiger partial charge >= 0.3 is 0 Å². The lowest BCUT2D eigenvalue weighted by Crippen LogP contribution is -2.48. The predicted molar refractivity (Wildman–Crippen MR) is 141 cm³/mol. The highest BCUT2D eigenvalue weighted by Crippen LogP contribution is 2.27. The number of aryl methyl sites for hydroxylation is 1.